The topological polar surface area (TPSA) is 69.9 Å². The highest BCUT2D eigenvalue weighted by atomic mass is 32.2. The SMILES string of the molecule is Cc1ccc(S(=O)(=O)N=c2sc3cc4c(cc3n2C)OCCO4)cc1. The summed E-state index contributed by atoms with van der Waals surface area (Å²) in [4.78, 5) is 0.583. The van der Waals surface area contributed by atoms with Crippen molar-refractivity contribution in [1.82, 2.24) is 4.57 Å². The van der Waals surface area contributed by atoms with Crippen LogP contribution in [0.5, 0.6) is 11.5 Å². The number of fused-ring (bicyclic) bond motifs is 2. The van der Waals surface area contributed by atoms with Crippen molar-refractivity contribution in [3.63, 3.8) is 0 Å². The van der Waals surface area contributed by atoms with Gasteiger partial charge in [-0.2, -0.15) is 8.42 Å². The molecule has 25 heavy (non-hydrogen) atoms. The average Bonchev–Trinajstić information content (AvgIpc) is 2.88. The van der Waals surface area contributed by atoms with E-state index in [1.54, 1.807) is 35.9 Å². The first-order valence-corrected chi connectivity index (χ1v) is 9.96. The van der Waals surface area contributed by atoms with Gasteiger partial charge in [0.25, 0.3) is 10.0 Å². The van der Waals surface area contributed by atoms with Crippen molar-refractivity contribution in [1.29, 1.82) is 0 Å². The first-order chi connectivity index (χ1) is 11.9. The van der Waals surface area contributed by atoms with Gasteiger partial charge in [0, 0.05) is 19.2 Å². The normalized spacial score (nSPS) is 14.9. The van der Waals surface area contributed by atoms with Gasteiger partial charge in [0.2, 0.25) is 4.80 Å². The Labute approximate surface area is 149 Å². The van der Waals surface area contributed by atoms with E-state index >= 15 is 0 Å². The van der Waals surface area contributed by atoms with Gasteiger partial charge in [-0.15, -0.1) is 4.40 Å². The standard InChI is InChI=1S/C17H16N2O4S2/c1-11-3-5-12(6-4-11)25(20,21)18-17-19(2)13-9-14-15(10-16(13)24-17)23-8-7-22-14/h3-6,9-10H,7-8H2,1-2H3. The summed E-state index contributed by atoms with van der Waals surface area (Å²) in [5.41, 5.74) is 1.85. The van der Waals surface area contributed by atoms with E-state index in [4.69, 9.17) is 9.47 Å². The Morgan fingerprint density at radius 2 is 1.72 bits per heavy atom. The summed E-state index contributed by atoms with van der Waals surface area (Å²) in [6.45, 7) is 2.92. The quantitative estimate of drug-likeness (QED) is 0.689. The van der Waals surface area contributed by atoms with Crippen LogP contribution in [0.3, 0.4) is 0 Å². The maximum atomic E-state index is 12.6. The largest absolute Gasteiger partial charge is 0.486 e. The van der Waals surface area contributed by atoms with E-state index in [-0.39, 0.29) is 4.90 Å². The maximum absolute atomic E-state index is 12.6. The minimum atomic E-state index is -3.77. The molecule has 2 heterocycles. The van der Waals surface area contributed by atoms with Crippen molar-refractivity contribution in [3.8, 4) is 11.5 Å². The minimum absolute atomic E-state index is 0.182. The molecule has 0 aliphatic carbocycles. The van der Waals surface area contributed by atoms with E-state index in [9.17, 15) is 8.42 Å². The molecule has 0 N–H and O–H groups in total. The van der Waals surface area contributed by atoms with Crippen LogP contribution in [-0.2, 0) is 17.1 Å². The van der Waals surface area contributed by atoms with Crippen molar-refractivity contribution in [2.75, 3.05) is 13.2 Å². The highest BCUT2D eigenvalue weighted by Gasteiger charge is 2.17. The highest BCUT2D eigenvalue weighted by molar-refractivity contribution is 7.90. The molecule has 0 unspecified atom stereocenters. The fraction of sp³-hybridized carbons (Fsp3) is 0.235. The number of sulfonamides is 1. The summed E-state index contributed by atoms with van der Waals surface area (Å²) in [5.74, 6) is 1.34. The number of thiazole rings is 1. The maximum Gasteiger partial charge on any atom is 0.285 e. The average molecular weight is 376 g/mol. The zero-order chi connectivity index (χ0) is 17.6. The molecule has 0 saturated carbocycles. The van der Waals surface area contributed by atoms with Crippen LogP contribution < -0.4 is 14.3 Å². The molecule has 8 heteroatoms. The number of benzene rings is 2. The Morgan fingerprint density at radius 1 is 1.08 bits per heavy atom. The van der Waals surface area contributed by atoms with Crippen LogP contribution in [-0.4, -0.2) is 26.2 Å². The Kier molecular flexibility index (Phi) is 3.81. The third kappa shape index (κ3) is 2.91. The number of hydrogen-bond donors (Lipinski definition) is 0. The van der Waals surface area contributed by atoms with Crippen LogP contribution in [0.15, 0.2) is 45.7 Å². The van der Waals surface area contributed by atoms with Crippen LogP contribution in [0, 0.1) is 6.92 Å². The van der Waals surface area contributed by atoms with Crippen molar-refractivity contribution < 1.29 is 17.9 Å². The smallest absolute Gasteiger partial charge is 0.285 e. The number of rotatable bonds is 2. The number of hydrogen-bond acceptors (Lipinski definition) is 5. The summed E-state index contributed by atoms with van der Waals surface area (Å²) < 4.78 is 43.0. The minimum Gasteiger partial charge on any atom is -0.486 e. The van der Waals surface area contributed by atoms with Gasteiger partial charge >= 0.3 is 0 Å². The van der Waals surface area contributed by atoms with Crippen LogP contribution >= 0.6 is 11.3 Å². The van der Waals surface area contributed by atoms with E-state index in [0.29, 0.717) is 29.5 Å². The molecule has 130 valence electrons. The molecular weight excluding hydrogens is 360 g/mol. The van der Waals surface area contributed by atoms with E-state index < -0.39 is 10.0 Å². The number of ether oxygens (including phenoxy) is 2. The van der Waals surface area contributed by atoms with E-state index in [1.807, 2.05) is 19.1 Å². The van der Waals surface area contributed by atoms with Gasteiger partial charge in [-0.3, -0.25) is 0 Å². The fourth-order valence-corrected chi connectivity index (χ4v) is 4.87. The molecule has 0 amide bonds. The van der Waals surface area contributed by atoms with Gasteiger partial charge in [0.15, 0.2) is 11.5 Å². The Morgan fingerprint density at radius 3 is 2.40 bits per heavy atom. The number of nitrogens with zero attached hydrogens (tertiary/aromatic N) is 2. The molecule has 4 rings (SSSR count). The summed E-state index contributed by atoms with van der Waals surface area (Å²) in [6, 6.07) is 10.4. The first kappa shape index (κ1) is 16.2. The molecule has 1 aliphatic heterocycles. The van der Waals surface area contributed by atoms with Crippen molar-refractivity contribution in [2.45, 2.75) is 11.8 Å². The lowest BCUT2D eigenvalue weighted by Crippen LogP contribution is -2.15. The van der Waals surface area contributed by atoms with Gasteiger partial charge in [-0.1, -0.05) is 29.0 Å². The zero-order valence-electron chi connectivity index (χ0n) is 13.7. The summed E-state index contributed by atoms with van der Waals surface area (Å²) in [6.07, 6.45) is 0. The van der Waals surface area contributed by atoms with Crippen LogP contribution in [0.2, 0.25) is 0 Å². The van der Waals surface area contributed by atoms with Gasteiger partial charge in [-0.05, 0) is 19.1 Å². The van der Waals surface area contributed by atoms with Crippen molar-refractivity contribution in [2.24, 2.45) is 11.4 Å². The summed E-state index contributed by atoms with van der Waals surface area (Å²) in [5, 5.41) is 0. The number of aryl methyl sites for hydroxylation is 2. The molecule has 0 fully saturated rings. The highest BCUT2D eigenvalue weighted by Crippen LogP contribution is 2.35. The van der Waals surface area contributed by atoms with Crippen LogP contribution in [0.1, 0.15) is 5.56 Å². The monoisotopic (exact) mass is 376 g/mol. The van der Waals surface area contributed by atoms with Gasteiger partial charge in [0.1, 0.15) is 13.2 Å². The second-order valence-electron chi connectivity index (χ2n) is 5.79. The molecule has 6 nitrogen and oxygen atoms in total. The summed E-state index contributed by atoms with van der Waals surface area (Å²) in [7, 11) is -1.98. The number of aromatic nitrogens is 1. The Hall–Kier alpha value is -2.32. The lowest BCUT2D eigenvalue weighted by Gasteiger charge is -2.18. The third-order valence-corrected chi connectivity index (χ3v) is 6.48. The predicted molar refractivity (Wildman–Crippen MR) is 95.7 cm³/mol. The molecule has 2 aromatic carbocycles. The third-order valence-electron chi connectivity index (χ3n) is 3.99. The second kappa shape index (κ2) is 5.89. The summed E-state index contributed by atoms with van der Waals surface area (Å²) >= 11 is 1.30. The van der Waals surface area contributed by atoms with Crippen molar-refractivity contribution in [3.05, 3.63) is 46.8 Å². The molecule has 0 radical (unpaired) electrons. The van der Waals surface area contributed by atoms with E-state index in [1.165, 1.54) is 11.3 Å². The van der Waals surface area contributed by atoms with E-state index in [0.717, 1.165) is 15.8 Å². The van der Waals surface area contributed by atoms with E-state index in [2.05, 4.69) is 4.40 Å². The lowest BCUT2D eigenvalue weighted by atomic mass is 10.2. The molecule has 1 aromatic heterocycles. The molecule has 0 spiro atoms. The lowest BCUT2D eigenvalue weighted by molar-refractivity contribution is 0.172. The van der Waals surface area contributed by atoms with Crippen molar-refractivity contribution >= 4 is 31.6 Å². The molecule has 3 aromatic rings. The molecule has 0 saturated heterocycles. The fourth-order valence-electron chi connectivity index (χ4n) is 2.62. The predicted octanol–water partition coefficient (Wildman–Crippen LogP) is 2.61. The second-order valence-corrected chi connectivity index (χ2v) is 8.40. The van der Waals surface area contributed by atoms with Gasteiger partial charge < -0.3 is 14.0 Å². The van der Waals surface area contributed by atoms with Crippen LogP contribution in [0.4, 0.5) is 0 Å². The molecule has 1 aliphatic rings. The molecule has 0 atom stereocenters. The first-order valence-electron chi connectivity index (χ1n) is 7.71. The zero-order valence-corrected chi connectivity index (χ0v) is 15.4. The van der Waals surface area contributed by atoms with Gasteiger partial charge in [0.05, 0.1) is 15.1 Å². The Balaban J connectivity index is 1.87. The van der Waals surface area contributed by atoms with Crippen LogP contribution in [0.25, 0.3) is 10.2 Å². The Bertz CT molecular complexity index is 1130. The van der Waals surface area contributed by atoms with Gasteiger partial charge in [-0.25, -0.2) is 0 Å². The molecule has 0 bridgehead atoms. The molecular formula is C17H16N2O4S2.